The molecule has 33 heavy (non-hydrogen) atoms. The Labute approximate surface area is 196 Å². The van der Waals surface area contributed by atoms with Crippen LogP contribution in [0.1, 0.15) is 68.7 Å². The maximum absolute atomic E-state index is 13.8. The predicted octanol–water partition coefficient (Wildman–Crippen LogP) is 4.17. The van der Waals surface area contributed by atoms with Crippen LogP contribution in [0.3, 0.4) is 0 Å². The Morgan fingerprint density at radius 2 is 1.76 bits per heavy atom. The third-order valence-corrected chi connectivity index (χ3v) is 8.10. The zero-order chi connectivity index (χ0) is 23.2. The number of benzene rings is 2. The maximum Gasteiger partial charge on any atom is 0.238 e. The molecule has 1 aliphatic carbocycles. The number of para-hydroxylation sites is 1. The van der Waals surface area contributed by atoms with Gasteiger partial charge in [0, 0.05) is 37.7 Å². The molecule has 2 aliphatic heterocycles. The summed E-state index contributed by atoms with van der Waals surface area (Å²) in [7, 11) is 0. The highest BCUT2D eigenvalue weighted by Gasteiger charge is 2.50. The molecule has 5 heteroatoms. The maximum atomic E-state index is 13.8. The minimum absolute atomic E-state index is 0.0323. The van der Waals surface area contributed by atoms with E-state index in [1.807, 2.05) is 43.0 Å². The first-order chi connectivity index (χ1) is 15.9. The van der Waals surface area contributed by atoms with Crippen molar-refractivity contribution in [2.45, 2.75) is 76.0 Å². The number of Topliss-reactive ketones (excluding diaryl/α,β-unsaturated/α-hetero) is 1. The fourth-order valence-corrected chi connectivity index (χ4v) is 6.27. The molecule has 174 valence electrons. The molecular formula is C28H34N2O3. The van der Waals surface area contributed by atoms with Gasteiger partial charge in [-0.15, -0.1) is 0 Å². The first kappa shape index (κ1) is 22.3. The lowest BCUT2D eigenvalue weighted by Gasteiger charge is -2.44. The van der Waals surface area contributed by atoms with E-state index in [4.69, 9.17) is 0 Å². The molecule has 0 saturated carbocycles. The number of ketones is 1. The van der Waals surface area contributed by atoms with Crippen LogP contribution in [0.15, 0.2) is 48.5 Å². The topological polar surface area (TPSA) is 60.9 Å². The van der Waals surface area contributed by atoms with Crippen molar-refractivity contribution in [3.8, 4) is 0 Å². The molecule has 2 aromatic rings. The quantitative estimate of drug-likeness (QED) is 0.749. The standard InChI is InChI=1S/C28H34N2O3/c1-3-21(31)18-28(2)23-10-6-7-11-24(23)30(27(28)33)20-14-16-29(17-15-20)26-22-9-5-4-8-19(22)12-13-25(26)32/h4-11,20,25-26,32H,3,12-18H2,1-2H3/t25-,26-,28-/m1/s1. The van der Waals surface area contributed by atoms with Crippen LogP contribution < -0.4 is 4.90 Å². The number of fused-ring (bicyclic) bond motifs is 2. The summed E-state index contributed by atoms with van der Waals surface area (Å²) in [5.41, 5.74) is 3.77. The van der Waals surface area contributed by atoms with Crippen LogP contribution in [0, 0.1) is 0 Å². The Morgan fingerprint density at radius 3 is 2.52 bits per heavy atom. The normalized spacial score (nSPS) is 28.0. The summed E-state index contributed by atoms with van der Waals surface area (Å²) in [6, 6.07) is 16.6. The van der Waals surface area contributed by atoms with E-state index in [0.29, 0.717) is 6.42 Å². The van der Waals surface area contributed by atoms with Crippen molar-refractivity contribution in [1.82, 2.24) is 4.90 Å². The third kappa shape index (κ3) is 3.71. The first-order valence-corrected chi connectivity index (χ1v) is 12.4. The largest absolute Gasteiger partial charge is 0.391 e. The Morgan fingerprint density at radius 1 is 1.06 bits per heavy atom. The molecule has 5 rings (SSSR count). The van der Waals surface area contributed by atoms with Gasteiger partial charge in [0.2, 0.25) is 5.91 Å². The number of carbonyl (C=O) groups is 2. The van der Waals surface area contributed by atoms with Crippen molar-refractivity contribution in [1.29, 1.82) is 0 Å². The molecule has 0 unspecified atom stereocenters. The Kier molecular flexibility index (Phi) is 5.87. The number of likely N-dealkylation sites (tertiary alicyclic amines) is 1. The fraction of sp³-hybridized carbons (Fsp3) is 0.500. The minimum Gasteiger partial charge on any atom is -0.391 e. The van der Waals surface area contributed by atoms with E-state index in [-0.39, 0.29) is 36.3 Å². The molecule has 3 aliphatic rings. The molecule has 0 aromatic heterocycles. The van der Waals surface area contributed by atoms with E-state index in [1.54, 1.807) is 0 Å². The summed E-state index contributed by atoms with van der Waals surface area (Å²) < 4.78 is 0. The van der Waals surface area contributed by atoms with E-state index < -0.39 is 5.41 Å². The monoisotopic (exact) mass is 446 g/mol. The zero-order valence-corrected chi connectivity index (χ0v) is 19.7. The number of aliphatic hydroxyl groups excluding tert-OH is 1. The van der Waals surface area contributed by atoms with E-state index in [9.17, 15) is 14.7 Å². The Bertz CT molecular complexity index is 1060. The molecule has 1 saturated heterocycles. The van der Waals surface area contributed by atoms with Gasteiger partial charge >= 0.3 is 0 Å². The lowest BCUT2D eigenvalue weighted by atomic mass is 9.79. The van der Waals surface area contributed by atoms with E-state index in [1.165, 1.54) is 11.1 Å². The van der Waals surface area contributed by atoms with Crippen molar-refractivity contribution in [3.05, 3.63) is 65.2 Å². The van der Waals surface area contributed by atoms with Crippen LogP contribution >= 0.6 is 0 Å². The average Bonchev–Trinajstić information content (AvgIpc) is 3.06. The number of aryl methyl sites for hydroxylation is 1. The summed E-state index contributed by atoms with van der Waals surface area (Å²) in [6.45, 7) is 5.49. The number of piperidine rings is 1. The summed E-state index contributed by atoms with van der Waals surface area (Å²) >= 11 is 0. The molecule has 1 fully saturated rings. The number of hydrogen-bond donors (Lipinski definition) is 1. The molecule has 0 bridgehead atoms. The van der Waals surface area contributed by atoms with Gasteiger partial charge in [-0.05, 0) is 55.4 Å². The summed E-state index contributed by atoms with van der Waals surface area (Å²) in [6.07, 6.45) is 3.82. The third-order valence-electron chi connectivity index (χ3n) is 8.10. The predicted molar refractivity (Wildman–Crippen MR) is 129 cm³/mol. The SMILES string of the molecule is CCC(=O)C[C@@]1(C)C(=O)N(C2CCN([C@@H]3c4ccccc4CC[C@H]3O)CC2)c2ccccc21. The number of rotatable bonds is 5. The van der Waals surface area contributed by atoms with Crippen LogP contribution in [0.5, 0.6) is 0 Å². The lowest BCUT2D eigenvalue weighted by molar-refractivity contribution is -0.128. The number of amides is 1. The van der Waals surface area contributed by atoms with Gasteiger partial charge < -0.3 is 10.0 Å². The zero-order valence-electron chi connectivity index (χ0n) is 19.7. The number of anilines is 1. The van der Waals surface area contributed by atoms with Crippen LogP contribution in [-0.4, -0.2) is 46.9 Å². The molecule has 2 heterocycles. The van der Waals surface area contributed by atoms with Crippen molar-refractivity contribution in [3.63, 3.8) is 0 Å². The van der Waals surface area contributed by atoms with Gasteiger partial charge in [-0.2, -0.15) is 0 Å². The highest BCUT2D eigenvalue weighted by Crippen LogP contribution is 2.46. The molecule has 5 nitrogen and oxygen atoms in total. The molecule has 3 atom stereocenters. The van der Waals surface area contributed by atoms with Gasteiger partial charge in [0.15, 0.2) is 0 Å². The van der Waals surface area contributed by atoms with Gasteiger partial charge in [0.1, 0.15) is 5.78 Å². The summed E-state index contributed by atoms with van der Waals surface area (Å²) in [5.74, 6) is 0.189. The first-order valence-electron chi connectivity index (χ1n) is 12.4. The minimum atomic E-state index is -0.778. The molecule has 2 aromatic carbocycles. The van der Waals surface area contributed by atoms with Crippen molar-refractivity contribution >= 4 is 17.4 Å². The second-order valence-electron chi connectivity index (χ2n) is 10.1. The van der Waals surface area contributed by atoms with Gasteiger partial charge in [-0.3, -0.25) is 14.5 Å². The van der Waals surface area contributed by atoms with Gasteiger partial charge in [0.05, 0.1) is 17.6 Å². The van der Waals surface area contributed by atoms with Crippen LogP contribution in [0.25, 0.3) is 0 Å². The number of nitrogens with zero attached hydrogens (tertiary/aromatic N) is 2. The van der Waals surface area contributed by atoms with Gasteiger partial charge in [0.25, 0.3) is 0 Å². The van der Waals surface area contributed by atoms with Crippen molar-refractivity contribution < 1.29 is 14.7 Å². The number of aliphatic hydroxyl groups is 1. The number of hydrogen-bond acceptors (Lipinski definition) is 4. The van der Waals surface area contributed by atoms with Crippen molar-refractivity contribution in [2.75, 3.05) is 18.0 Å². The molecule has 0 radical (unpaired) electrons. The van der Waals surface area contributed by atoms with E-state index in [0.717, 1.165) is 50.0 Å². The Balaban J connectivity index is 1.37. The summed E-state index contributed by atoms with van der Waals surface area (Å²) in [4.78, 5) is 30.5. The highest BCUT2D eigenvalue weighted by atomic mass is 16.3. The Hall–Kier alpha value is -2.50. The van der Waals surface area contributed by atoms with Crippen LogP contribution in [0.2, 0.25) is 0 Å². The van der Waals surface area contributed by atoms with Crippen molar-refractivity contribution in [2.24, 2.45) is 0 Å². The lowest BCUT2D eigenvalue weighted by Crippen LogP contribution is -2.51. The van der Waals surface area contributed by atoms with E-state index >= 15 is 0 Å². The van der Waals surface area contributed by atoms with Gasteiger partial charge in [-0.25, -0.2) is 0 Å². The fourth-order valence-electron chi connectivity index (χ4n) is 6.27. The second-order valence-corrected chi connectivity index (χ2v) is 10.1. The second kappa shape index (κ2) is 8.69. The van der Waals surface area contributed by atoms with Crippen LogP contribution in [-0.2, 0) is 21.4 Å². The smallest absolute Gasteiger partial charge is 0.238 e. The molecule has 0 spiro atoms. The average molecular weight is 447 g/mol. The molecular weight excluding hydrogens is 412 g/mol. The van der Waals surface area contributed by atoms with Gasteiger partial charge in [-0.1, -0.05) is 49.4 Å². The van der Waals surface area contributed by atoms with Crippen LogP contribution in [0.4, 0.5) is 5.69 Å². The van der Waals surface area contributed by atoms with E-state index in [2.05, 4.69) is 29.2 Å². The molecule has 1 N–H and O–H groups in total. The molecule has 1 amide bonds. The summed E-state index contributed by atoms with van der Waals surface area (Å²) in [5, 5.41) is 10.9. The highest BCUT2D eigenvalue weighted by molar-refractivity contribution is 6.10. The number of carbonyl (C=O) groups excluding carboxylic acids is 2.